The van der Waals surface area contributed by atoms with Gasteiger partial charge in [-0.2, -0.15) is 0 Å². The first-order chi connectivity index (χ1) is 13.5. The number of halogens is 1. The molecule has 5 heteroatoms. The van der Waals surface area contributed by atoms with Crippen LogP contribution in [0.2, 0.25) is 5.02 Å². The molecule has 1 amide bonds. The Balaban J connectivity index is 1.77. The van der Waals surface area contributed by atoms with Gasteiger partial charge in [-0.1, -0.05) is 41.9 Å². The molecule has 0 aliphatic carbocycles. The van der Waals surface area contributed by atoms with Crippen LogP contribution >= 0.6 is 11.6 Å². The van der Waals surface area contributed by atoms with Gasteiger partial charge >= 0.3 is 0 Å². The van der Waals surface area contributed by atoms with E-state index in [1.807, 2.05) is 50.2 Å². The van der Waals surface area contributed by atoms with E-state index in [4.69, 9.17) is 11.6 Å². The van der Waals surface area contributed by atoms with Gasteiger partial charge in [0.15, 0.2) is 5.75 Å². The normalized spacial score (nSPS) is 14.5. The molecular formula is C23H19ClN2O2. The highest BCUT2D eigenvalue weighted by Gasteiger charge is 2.33. The molecule has 0 saturated carbocycles. The van der Waals surface area contributed by atoms with Gasteiger partial charge in [0, 0.05) is 17.5 Å². The molecule has 1 heterocycles. The number of phenolic OH excluding ortho intramolecular Hbond substituents is 1. The fourth-order valence-corrected chi connectivity index (χ4v) is 3.67. The Labute approximate surface area is 168 Å². The van der Waals surface area contributed by atoms with E-state index in [2.05, 4.69) is 11.4 Å². The van der Waals surface area contributed by atoms with Crippen molar-refractivity contribution in [2.45, 2.75) is 13.8 Å². The van der Waals surface area contributed by atoms with Crippen molar-refractivity contribution >= 4 is 40.1 Å². The van der Waals surface area contributed by atoms with Crippen LogP contribution < -0.4 is 10.2 Å². The van der Waals surface area contributed by atoms with Crippen LogP contribution in [0.25, 0.3) is 5.57 Å². The highest BCUT2D eigenvalue weighted by atomic mass is 35.5. The number of aromatic hydroxyl groups is 1. The number of para-hydroxylation sites is 2. The van der Waals surface area contributed by atoms with Gasteiger partial charge in [-0.05, 0) is 55.3 Å². The summed E-state index contributed by atoms with van der Waals surface area (Å²) >= 11 is 5.97. The Kier molecular flexibility index (Phi) is 4.57. The third-order valence-corrected chi connectivity index (χ3v) is 5.00. The number of hydrogen-bond donors (Lipinski definition) is 2. The Morgan fingerprint density at radius 2 is 1.71 bits per heavy atom. The van der Waals surface area contributed by atoms with Crippen LogP contribution in [0.15, 0.2) is 66.9 Å². The topological polar surface area (TPSA) is 52.6 Å². The predicted octanol–water partition coefficient (Wildman–Crippen LogP) is 5.79. The van der Waals surface area contributed by atoms with E-state index >= 15 is 0 Å². The van der Waals surface area contributed by atoms with Crippen molar-refractivity contribution in [2.75, 3.05) is 10.2 Å². The number of anilines is 3. The maximum Gasteiger partial charge on any atom is 0.265 e. The van der Waals surface area contributed by atoms with E-state index < -0.39 is 0 Å². The van der Waals surface area contributed by atoms with Gasteiger partial charge in [-0.25, -0.2) is 0 Å². The smallest absolute Gasteiger partial charge is 0.265 e. The standard InChI is InChI=1S/C23H19ClN2O2/c1-14-10-15(2)12-16(11-14)26-21-9-4-3-6-17(21)18(23(26)28)13-25-20-8-5-7-19(24)22(20)27/h3-13,25,27H,1-2H3. The summed E-state index contributed by atoms with van der Waals surface area (Å²) in [5.41, 5.74) is 5.66. The lowest BCUT2D eigenvalue weighted by atomic mass is 10.1. The molecule has 4 rings (SSSR count). The molecule has 140 valence electrons. The summed E-state index contributed by atoms with van der Waals surface area (Å²) in [5.74, 6) is -0.175. The van der Waals surface area contributed by atoms with E-state index in [0.717, 1.165) is 28.1 Å². The maximum absolute atomic E-state index is 13.3. The summed E-state index contributed by atoms with van der Waals surface area (Å²) in [4.78, 5) is 15.0. The Bertz CT molecular complexity index is 1100. The van der Waals surface area contributed by atoms with Crippen LogP contribution in [0.1, 0.15) is 16.7 Å². The van der Waals surface area contributed by atoms with Crippen LogP contribution in [0, 0.1) is 13.8 Å². The van der Waals surface area contributed by atoms with Gasteiger partial charge in [-0.3, -0.25) is 9.69 Å². The molecule has 0 atom stereocenters. The van der Waals surface area contributed by atoms with E-state index in [9.17, 15) is 9.90 Å². The Morgan fingerprint density at radius 3 is 2.46 bits per heavy atom. The highest BCUT2D eigenvalue weighted by molar-refractivity contribution is 6.35. The third kappa shape index (κ3) is 3.12. The third-order valence-electron chi connectivity index (χ3n) is 4.69. The van der Waals surface area contributed by atoms with E-state index in [-0.39, 0.29) is 16.7 Å². The zero-order valence-corrected chi connectivity index (χ0v) is 16.3. The quantitative estimate of drug-likeness (QED) is 0.439. The number of carbonyl (C=O) groups is 1. The number of amides is 1. The largest absolute Gasteiger partial charge is 0.504 e. The highest BCUT2D eigenvalue weighted by Crippen LogP contribution is 2.42. The van der Waals surface area contributed by atoms with Crippen LogP contribution in [0.3, 0.4) is 0 Å². The summed E-state index contributed by atoms with van der Waals surface area (Å²) < 4.78 is 0. The molecule has 0 fully saturated rings. The number of fused-ring (bicyclic) bond motifs is 1. The number of rotatable bonds is 3. The first-order valence-electron chi connectivity index (χ1n) is 8.92. The average molecular weight is 391 g/mol. The molecule has 3 aromatic carbocycles. The molecule has 0 saturated heterocycles. The minimum Gasteiger partial charge on any atom is -0.504 e. The van der Waals surface area contributed by atoms with Crippen molar-refractivity contribution in [3.8, 4) is 5.75 Å². The van der Waals surface area contributed by atoms with Crippen LogP contribution in [0.4, 0.5) is 17.1 Å². The molecule has 1 aliphatic rings. The number of hydrogen-bond acceptors (Lipinski definition) is 3. The first kappa shape index (κ1) is 18.1. The van der Waals surface area contributed by atoms with Crippen molar-refractivity contribution in [2.24, 2.45) is 0 Å². The van der Waals surface area contributed by atoms with E-state index in [1.165, 1.54) is 0 Å². The predicted molar refractivity (Wildman–Crippen MR) is 114 cm³/mol. The maximum atomic E-state index is 13.3. The van der Waals surface area contributed by atoms with Crippen molar-refractivity contribution < 1.29 is 9.90 Å². The second kappa shape index (κ2) is 7.06. The number of benzene rings is 3. The van der Waals surface area contributed by atoms with E-state index in [0.29, 0.717) is 11.3 Å². The summed E-state index contributed by atoms with van der Waals surface area (Å²) in [5, 5.41) is 13.4. The minimum atomic E-state index is -0.125. The summed E-state index contributed by atoms with van der Waals surface area (Å²) in [7, 11) is 0. The molecule has 2 N–H and O–H groups in total. The van der Waals surface area contributed by atoms with Gasteiger partial charge < -0.3 is 10.4 Å². The molecular weight excluding hydrogens is 372 g/mol. The van der Waals surface area contributed by atoms with Crippen molar-refractivity contribution in [1.29, 1.82) is 0 Å². The van der Waals surface area contributed by atoms with Gasteiger partial charge in [0.25, 0.3) is 5.91 Å². The molecule has 3 aromatic rings. The Morgan fingerprint density at radius 1 is 1.00 bits per heavy atom. The summed E-state index contributed by atoms with van der Waals surface area (Å²) in [6, 6.07) is 18.8. The Hall–Kier alpha value is -3.24. The lowest BCUT2D eigenvalue weighted by molar-refractivity contribution is -0.112. The number of nitrogens with one attached hydrogen (secondary N) is 1. The molecule has 1 aliphatic heterocycles. The second-order valence-corrected chi connectivity index (χ2v) is 7.25. The second-order valence-electron chi connectivity index (χ2n) is 6.84. The van der Waals surface area contributed by atoms with Gasteiger partial charge in [0.2, 0.25) is 0 Å². The molecule has 0 aromatic heterocycles. The van der Waals surface area contributed by atoms with Gasteiger partial charge in [-0.15, -0.1) is 0 Å². The van der Waals surface area contributed by atoms with Gasteiger partial charge in [0.1, 0.15) is 0 Å². The van der Waals surface area contributed by atoms with Crippen LogP contribution in [0.5, 0.6) is 5.75 Å². The van der Waals surface area contributed by atoms with E-state index in [1.54, 1.807) is 29.3 Å². The van der Waals surface area contributed by atoms with Crippen LogP contribution in [-0.2, 0) is 4.79 Å². The fourth-order valence-electron chi connectivity index (χ4n) is 3.50. The molecule has 0 bridgehead atoms. The van der Waals surface area contributed by atoms with Crippen molar-refractivity contribution in [3.63, 3.8) is 0 Å². The SMILES string of the molecule is Cc1cc(C)cc(N2C(=O)C(=CNc3cccc(Cl)c3O)c3ccccc32)c1. The van der Waals surface area contributed by atoms with Crippen LogP contribution in [-0.4, -0.2) is 11.0 Å². The lowest BCUT2D eigenvalue weighted by Gasteiger charge is -2.18. The van der Waals surface area contributed by atoms with Crippen molar-refractivity contribution in [1.82, 2.24) is 0 Å². The number of nitrogens with zero attached hydrogens (tertiary/aromatic N) is 1. The van der Waals surface area contributed by atoms with Gasteiger partial charge in [0.05, 0.1) is 22.0 Å². The molecule has 0 spiro atoms. The zero-order chi connectivity index (χ0) is 19.8. The molecule has 0 radical (unpaired) electrons. The minimum absolute atomic E-state index is 0.0501. The molecule has 28 heavy (non-hydrogen) atoms. The lowest BCUT2D eigenvalue weighted by Crippen LogP contribution is -2.21. The average Bonchev–Trinajstić information content (AvgIpc) is 2.93. The van der Waals surface area contributed by atoms with Crippen molar-refractivity contribution in [3.05, 3.63) is 88.6 Å². The first-order valence-corrected chi connectivity index (χ1v) is 9.30. The monoisotopic (exact) mass is 390 g/mol. The number of aryl methyl sites for hydroxylation is 2. The number of carbonyl (C=O) groups excluding carboxylic acids is 1. The summed E-state index contributed by atoms with van der Waals surface area (Å²) in [6.45, 7) is 4.03. The zero-order valence-electron chi connectivity index (χ0n) is 15.5. The fraction of sp³-hybridized carbons (Fsp3) is 0.0870. The summed E-state index contributed by atoms with van der Waals surface area (Å²) in [6.07, 6.45) is 1.62. The molecule has 4 nitrogen and oxygen atoms in total. The molecule has 0 unspecified atom stereocenters. The number of phenols is 1.